The Labute approximate surface area is 144 Å². The van der Waals surface area contributed by atoms with Crippen molar-refractivity contribution in [2.45, 2.75) is 31.1 Å². The lowest BCUT2D eigenvalue weighted by Crippen LogP contribution is -2.44. The van der Waals surface area contributed by atoms with Crippen LogP contribution in [0.2, 0.25) is 0 Å². The van der Waals surface area contributed by atoms with E-state index in [9.17, 15) is 4.39 Å². The van der Waals surface area contributed by atoms with Crippen molar-refractivity contribution in [2.75, 3.05) is 40.3 Å². The van der Waals surface area contributed by atoms with Crippen molar-refractivity contribution in [3.63, 3.8) is 0 Å². The third-order valence-corrected chi connectivity index (χ3v) is 5.51. The summed E-state index contributed by atoms with van der Waals surface area (Å²) in [6, 6.07) is 7.15. The number of nitrogens with one attached hydrogen (secondary N) is 2. The van der Waals surface area contributed by atoms with E-state index in [0.29, 0.717) is 5.92 Å². The Hall–Kier alpha value is -1.62. The quantitative estimate of drug-likeness (QED) is 0.642. The number of nitrogens with zero attached hydrogens (tertiary/aromatic N) is 2. The predicted octanol–water partition coefficient (Wildman–Crippen LogP) is 2.36. The number of benzene rings is 1. The van der Waals surface area contributed by atoms with Crippen LogP contribution >= 0.6 is 0 Å². The van der Waals surface area contributed by atoms with Gasteiger partial charge >= 0.3 is 0 Å². The van der Waals surface area contributed by atoms with E-state index in [0.717, 1.165) is 37.5 Å². The molecule has 132 valence electrons. The number of hydrogen-bond donors (Lipinski definition) is 2. The summed E-state index contributed by atoms with van der Waals surface area (Å²) >= 11 is 0. The summed E-state index contributed by atoms with van der Waals surface area (Å²) in [7, 11) is 3.98. The molecule has 1 aliphatic heterocycles. The molecule has 1 saturated carbocycles. The number of aliphatic imine (C=N–C) groups is 1. The van der Waals surface area contributed by atoms with E-state index < -0.39 is 0 Å². The fourth-order valence-corrected chi connectivity index (χ4v) is 3.56. The molecule has 4 nitrogen and oxygen atoms in total. The van der Waals surface area contributed by atoms with E-state index in [2.05, 4.69) is 27.6 Å². The lowest BCUT2D eigenvalue weighted by molar-refractivity contribution is 0.220. The highest BCUT2D eigenvalue weighted by Crippen LogP contribution is 2.48. The summed E-state index contributed by atoms with van der Waals surface area (Å²) in [5, 5.41) is 6.86. The largest absolute Gasteiger partial charge is 0.356 e. The lowest BCUT2D eigenvalue weighted by atomic mass is 9.95. The third-order valence-electron chi connectivity index (χ3n) is 5.51. The highest BCUT2D eigenvalue weighted by Gasteiger charge is 2.45. The minimum atomic E-state index is -0.0916. The second kappa shape index (κ2) is 7.51. The van der Waals surface area contributed by atoms with E-state index in [1.807, 2.05) is 12.1 Å². The van der Waals surface area contributed by atoms with Gasteiger partial charge in [0.25, 0.3) is 0 Å². The molecule has 5 heteroatoms. The normalized spacial score (nSPS) is 21.5. The Bertz CT molecular complexity index is 574. The Morgan fingerprint density at radius 3 is 2.58 bits per heavy atom. The van der Waals surface area contributed by atoms with Crippen molar-refractivity contribution in [1.82, 2.24) is 15.5 Å². The Morgan fingerprint density at radius 2 is 1.96 bits per heavy atom. The first-order valence-electron chi connectivity index (χ1n) is 9.01. The highest BCUT2D eigenvalue weighted by molar-refractivity contribution is 5.79. The number of hydrogen-bond acceptors (Lipinski definition) is 2. The number of halogens is 1. The third kappa shape index (κ3) is 4.07. The lowest BCUT2D eigenvalue weighted by Gasteiger charge is -2.29. The Kier molecular flexibility index (Phi) is 5.39. The Morgan fingerprint density at radius 1 is 1.25 bits per heavy atom. The first kappa shape index (κ1) is 17.2. The first-order chi connectivity index (χ1) is 11.6. The second-order valence-corrected chi connectivity index (χ2v) is 7.31. The van der Waals surface area contributed by atoms with E-state index >= 15 is 0 Å². The highest BCUT2D eigenvalue weighted by atomic mass is 19.1. The number of guanidine groups is 1. The minimum absolute atomic E-state index is 0.0590. The van der Waals surface area contributed by atoms with Gasteiger partial charge in [-0.15, -0.1) is 0 Å². The molecule has 1 aliphatic carbocycles. The van der Waals surface area contributed by atoms with Crippen LogP contribution in [-0.2, 0) is 5.41 Å². The van der Waals surface area contributed by atoms with Crippen molar-refractivity contribution < 1.29 is 4.39 Å². The zero-order valence-corrected chi connectivity index (χ0v) is 14.8. The van der Waals surface area contributed by atoms with Crippen LogP contribution in [-0.4, -0.2) is 51.1 Å². The molecular formula is C19H29FN4. The average Bonchev–Trinajstić information content (AvgIpc) is 3.38. The van der Waals surface area contributed by atoms with Crippen LogP contribution in [0.5, 0.6) is 0 Å². The monoisotopic (exact) mass is 332 g/mol. The molecule has 1 saturated heterocycles. The van der Waals surface area contributed by atoms with Crippen molar-refractivity contribution in [2.24, 2.45) is 10.9 Å². The average molecular weight is 332 g/mol. The zero-order valence-electron chi connectivity index (χ0n) is 14.8. The van der Waals surface area contributed by atoms with Gasteiger partial charge in [0.2, 0.25) is 0 Å². The maximum atomic E-state index is 14.1. The van der Waals surface area contributed by atoms with E-state index in [1.54, 1.807) is 19.2 Å². The molecule has 0 radical (unpaired) electrons. The number of piperidine rings is 1. The van der Waals surface area contributed by atoms with Crippen LogP contribution in [0.25, 0.3) is 0 Å². The summed E-state index contributed by atoms with van der Waals surface area (Å²) in [6.07, 6.45) is 4.54. The topological polar surface area (TPSA) is 39.7 Å². The standard InChI is InChI=1S/C19H29FN4/c1-21-18(22-13-15-7-11-24(2)12-8-15)23-14-19(9-10-19)16-5-3-4-6-17(16)20/h3-6,15H,7-14H2,1-2H3,(H2,21,22,23). The van der Waals surface area contributed by atoms with Crippen LogP contribution < -0.4 is 10.6 Å². The maximum absolute atomic E-state index is 14.1. The summed E-state index contributed by atoms with van der Waals surface area (Å²) in [6.45, 7) is 4.05. The predicted molar refractivity (Wildman–Crippen MR) is 96.9 cm³/mol. The van der Waals surface area contributed by atoms with Gasteiger partial charge in [0.15, 0.2) is 5.96 Å². The van der Waals surface area contributed by atoms with Gasteiger partial charge in [0.05, 0.1) is 0 Å². The molecule has 0 atom stereocenters. The summed E-state index contributed by atoms with van der Waals surface area (Å²) < 4.78 is 14.1. The second-order valence-electron chi connectivity index (χ2n) is 7.31. The molecule has 2 aliphatic rings. The molecule has 1 aromatic rings. The summed E-state index contributed by atoms with van der Waals surface area (Å²) in [5.74, 6) is 1.45. The molecule has 0 aromatic heterocycles. The van der Waals surface area contributed by atoms with E-state index in [-0.39, 0.29) is 11.2 Å². The molecular weight excluding hydrogens is 303 g/mol. The van der Waals surface area contributed by atoms with E-state index in [1.165, 1.54) is 25.9 Å². The Balaban J connectivity index is 1.49. The molecule has 0 spiro atoms. The van der Waals surface area contributed by atoms with Gasteiger partial charge in [-0.2, -0.15) is 0 Å². The van der Waals surface area contributed by atoms with Crippen molar-refractivity contribution in [1.29, 1.82) is 0 Å². The molecule has 0 unspecified atom stereocenters. The SMILES string of the molecule is CN=C(NCC1CCN(C)CC1)NCC1(c2ccccc2F)CC1. The van der Waals surface area contributed by atoms with Gasteiger partial charge in [0.1, 0.15) is 5.82 Å². The van der Waals surface area contributed by atoms with Gasteiger partial charge in [-0.3, -0.25) is 4.99 Å². The first-order valence-corrected chi connectivity index (χ1v) is 9.01. The van der Waals surface area contributed by atoms with Crippen molar-refractivity contribution in [3.05, 3.63) is 35.6 Å². The van der Waals surface area contributed by atoms with Crippen molar-refractivity contribution >= 4 is 5.96 Å². The summed E-state index contributed by atoms with van der Waals surface area (Å²) in [5.41, 5.74) is 0.777. The van der Waals surface area contributed by atoms with Gasteiger partial charge in [0, 0.05) is 25.6 Å². The van der Waals surface area contributed by atoms with Crippen molar-refractivity contribution in [3.8, 4) is 0 Å². The molecule has 2 N–H and O–H groups in total. The van der Waals surface area contributed by atoms with Crippen LogP contribution in [0.1, 0.15) is 31.2 Å². The molecule has 2 fully saturated rings. The fourth-order valence-electron chi connectivity index (χ4n) is 3.56. The number of likely N-dealkylation sites (tertiary alicyclic amines) is 1. The summed E-state index contributed by atoms with van der Waals surface area (Å²) in [4.78, 5) is 6.71. The molecule has 0 bridgehead atoms. The van der Waals surface area contributed by atoms with Crippen LogP contribution in [0.3, 0.4) is 0 Å². The van der Waals surface area contributed by atoms with Crippen LogP contribution in [0, 0.1) is 11.7 Å². The number of rotatable bonds is 5. The van der Waals surface area contributed by atoms with E-state index in [4.69, 9.17) is 0 Å². The molecule has 3 rings (SSSR count). The van der Waals surface area contributed by atoms with Gasteiger partial charge in [-0.05, 0) is 63.4 Å². The minimum Gasteiger partial charge on any atom is -0.356 e. The van der Waals surface area contributed by atoms with Gasteiger partial charge in [-0.1, -0.05) is 18.2 Å². The molecule has 0 amide bonds. The molecule has 1 aromatic carbocycles. The molecule has 1 heterocycles. The zero-order chi connectivity index (χ0) is 17.0. The smallest absolute Gasteiger partial charge is 0.191 e. The fraction of sp³-hybridized carbons (Fsp3) is 0.632. The molecule has 24 heavy (non-hydrogen) atoms. The van der Waals surface area contributed by atoms with Gasteiger partial charge < -0.3 is 15.5 Å². The maximum Gasteiger partial charge on any atom is 0.191 e. The van der Waals surface area contributed by atoms with Gasteiger partial charge in [-0.25, -0.2) is 4.39 Å². The van der Waals surface area contributed by atoms with Crippen LogP contribution in [0.15, 0.2) is 29.3 Å². The van der Waals surface area contributed by atoms with Crippen LogP contribution in [0.4, 0.5) is 4.39 Å².